The lowest BCUT2D eigenvalue weighted by molar-refractivity contribution is -0.111. The van der Waals surface area contributed by atoms with Gasteiger partial charge < -0.3 is 25.2 Å². The van der Waals surface area contributed by atoms with E-state index in [9.17, 15) is 4.79 Å². The highest BCUT2D eigenvalue weighted by Crippen LogP contribution is 2.40. The number of ether oxygens (including phenoxy) is 1. The average Bonchev–Trinajstić information content (AvgIpc) is 3.56. The van der Waals surface area contributed by atoms with Gasteiger partial charge in [-0.25, -0.2) is 15.0 Å². The second-order valence-corrected chi connectivity index (χ2v) is 11.6. The first-order chi connectivity index (χ1) is 21.5. The molecule has 3 aliphatic rings. The molecule has 0 bridgehead atoms. The lowest BCUT2D eigenvalue weighted by atomic mass is 10.0. The Hall–Kier alpha value is -4.19. The highest BCUT2D eigenvalue weighted by Gasteiger charge is 2.30. The van der Waals surface area contributed by atoms with Crippen molar-refractivity contribution in [2.45, 2.75) is 31.3 Å². The first-order valence-electron chi connectivity index (χ1n) is 15.4. The van der Waals surface area contributed by atoms with Crippen molar-refractivity contribution in [1.82, 2.24) is 19.8 Å². The number of amides is 1. The third-order valence-electron chi connectivity index (χ3n) is 8.85. The molecule has 1 unspecified atom stereocenters. The number of likely N-dealkylation sites (N-methyl/N-ethyl adjacent to an activating group) is 1. The number of hydrogen-bond donors (Lipinski definition) is 2. The largest absolute Gasteiger partial charge is 0.494 e. The standard InChI is InChI=1S/C33H42N8O3/c1-4-33(42)37-26-20-27(30(43-3)21-29(26)40-13-10-25(11-14-40)39-17-15-38(2)16-18-39)36-31-22-32(35-23-34-31)41-28(12-19-44-41)24-8-6-5-7-9-24/h4-9,20-23,25,28H,1,10-19H2,2-3H3,(H,37,42)(H,34,35,36). The minimum absolute atomic E-state index is 0.0638. The van der Waals surface area contributed by atoms with Crippen molar-refractivity contribution in [3.05, 3.63) is 73.1 Å². The Morgan fingerprint density at radius 3 is 2.50 bits per heavy atom. The van der Waals surface area contributed by atoms with E-state index in [4.69, 9.17) is 9.57 Å². The number of nitrogens with one attached hydrogen (secondary N) is 2. The smallest absolute Gasteiger partial charge is 0.247 e. The third kappa shape index (κ3) is 6.64. The molecule has 11 heteroatoms. The van der Waals surface area contributed by atoms with Crippen molar-refractivity contribution in [3.8, 4) is 5.75 Å². The summed E-state index contributed by atoms with van der Waals surface area (Å²) in [6, 6.07) is 16.7. The first kappa shape index (κ1) is 29.9. The van der Waals surface area contributed by atoms with E-state index in [-0.39, 0.29) is 11.9 Å². The Balaban J connectivity index is 1.22. The zero-order valence-corrected chi connectivity index (χ0v) is 25.6. The van der Waals surface area contributed by atoms with Crippen LogP contribution in [-0.2, 0) is 9.63 Å². The van der Waals surface area contributed by atoms with Crippen molar-refractivity contribution in [2.75, 3.05) is 80.6 Å². The maximum Gasteiger partial charge on any atom is 0.247 e. The van der Waals surface area contributed by atoms with Gasteiger partial charge in [0.2, 0.25) is 5.91 Å². The first-order valence-corrected chi connectivity index (χ1v) is 15.4. The lowest BCUT2D eigenvalue weighted by Crippen LogP contribution is -2.52. The van der Waals surface area contributed by atoms with Gasteiger partial charge in [-0.3, -0.25) is 14.5 Å². The molecule has 1 atom stereocenters. The second kappa shape index (κ2) is 13.6. The molecule has 0 spiro atoms. The van der Waals surface area contributed by atoms with Gasteiger partial charge in [-0.15, -0.1) is 0 Å². The van der Waals surface area contributed by atoms with E-state index in [2.05, 4.69) is 61.1 Å². The monoisotopic (exact) mass is 598 g/mol. The van der Waals surface area contributed by atoms with Gasteiger partial charge in [0.15, 0.2) is 5.82 Å². The fourth-order valence-corrected chi connectivity index (χ4v) is 6.39. The van der Waals surface area contributed by atoms with Gasteiger partial charge in [0.25, 0.3) is 0 Å². The minimum atomic E-state index is -0.267. The van der Waals surface area contributed by atoms with Crippen LogP contribution in [0.4, 0.5) is 28.7 Å². The van der Waals surface area contributed by atoms with E-state index in [1.165, 1.54) is 18.0 Å². The molecule has 1 amide bonds. The SMILES string of the molecule is C=CC(=O)Nc1cc(Nc2cc(N3OCCC3c3ccccc3)ncn2)c(OC)cc1N1CCC(N2CCN(C)CC2)CC1. The van der Waals surface area contributed by atoms with Crippen LogP contribution in [0.1, 0.15) is 30.9 Å². The highest BCUT2D eigenvalue weighted by atomic mass is 16.7. The van der Waals surface area contributed by atoms with Gasteiger partial charge >= 0.3 is 0 Å². The van der Waals surface area contributed by atoms with Crippen LogP contribution in [0.15, 0.2) is 67.5 Å². The maximum absolute atomic E-state index is 12.5. The molecular weight excluding hydrogens is 556 g/mol. The summed E-state index contributed by atoms with van der Waals surface area (Å²) in [5.74, 6) is 1.62. The summed E-state index contributed by atoms with van der Waals surface area (Å²) in [4.78, 5) is 34.9. The zero-order valence-electron chi connectivity index (χ0n) is 25.6. The Kier molecular flexibility index (Phi) is 9.25. The number of carbonyl (C=O) groups is 1. The summed E-state index contributed by atoms with van der Waals surface area (Å²) in [6.07, 6.45) is 5.83. The Labute approximate surface area is 259 Å². The second-order valence-electron chi connectivity index (χ2n) is 11.6. The number of carbonyl (C=O) groups excluding carboxylic acids is 1. The van der Waals surface area contributed by atoms with E-state index >= 15 is 0 Å². The normalized spacial score (nSPS) is 20.0. The van der Waals surface area contributed by atoms with E-state index in [0.29, 0.717) is 41.4 Å². The van der Waals surface area contributed by atoms with Crippen LogP contribution in [0.5, 0.6) is 5.75 Å². The lowest BCUT2D eigenvalue weighted by Gasteiger charge is -2.43. The Bertz CT molecular complexity index is 1440. The third-order valence-corrected chi connectivity index (χ3v) is 8.85. The van der Waals surface area contributed by atoms with Crippen LogP contribution in [0.2, 0.25) is 0 Å². The van der Waals surface area contributed by atoms with Crippen molar-refractivity contribution >= 4 is 34.6 Å². The van der Waals surface area contributed by atoms with E-state index in [0.717, 1.165) is 64.2 Å². The molecule has 4 heterocycles. The number of nitrogens with zero attached hydrogens (tertiary/aromatic N) is 6. The van der Waals surface area contributed by atoms with Crippen LogP contribution < -0.4 is 25.3 Å². The number of piperidine rings is 1. The van der Waals surface area contributed by atoms with Crippen molar-refractivity contribution in [3.63, 3.8) is 0 Å². The number of benzene rings is 2. The highest BCUT2D eigenvalue weighted by molar-refractivity contribution is 6.02. The summed E-state index contributed by atoms with van der Waals surface area (Å²) in [7, 11) is 3.84. The maximum atomic E-state index is 12.5. The number of aromatic nitrogens is 2. The average molecular weight is 599 g/mol. The molecule has 3 aromatic rings. The molecule has 3 saturated heterocycles. The number of piperazine rings is 1. The van der Waals surface area contributed by atoms with Crippen LogP contribution in [0, 0.1) is 0 Å². The van der Waals surface area contributed by atoms with Crippen LogP contribution in [0.3, 0.4) is 0 Å². The summed E-state index contributed by atoms with van der Waals surface area (Å²) in [5, 5.41) is 8.27. The molecule has 0 radical (unpaired) electrons. The summed E-state index contributed by atoms with van der Waals surface area (Å²) < 4.78 is 5.85. The topological polar surface area (TPSA) is 98.3 Å². The molecule has 3 fully saturated rings. The van der Waals surface area contributed by atoms with Gasteiger partial charge in [0, 0.05) is 63.9 Å². The predicted octanol–water partition coefficient (Wildman–Crippen LogP) is 4.45. The summed E-state index contributed by atoms with van der Waals surface area (Å²) >= 11 is 0. The molecule has 0 saturated carbocycles. The number of rotatable bonds is 9. The Morgan fingerprint density at radius 2 is 1.77 bits per heavy atom. The zero-order chi connectivity index (χ0) is 30.5. The van der Waals surface area contributed by atoms with Crippen LogP contribution in [0.25, 0.3) is 0 Å². The fraction of sp³-hybridized carbons (Fsp3) is 0.424. The van der Waals surface area contributed by atoms with Gasteiger partial charge in [0.05, 0.1) is 36.8 Å². The fourth-order valence-electron chi connectivity index (χ4n) is 6.39. The van der Waals surface area contributed by atoms with Gasteiger partial charge in [0.1, 0.15) is 17.9 Å². The predicted molar refractivity (Wildman–Crippen MR) is 174 cm³/mol. The summed E-state index contributed by atoms with van der Waals surface area (Å²) in [6.45, 7) is 10.6. The molecule has 1 aromatic heterocycles. The van der Waals surface area contributed by atoms with E-state index in [1.54, 1.807) is 7.11 Å². The molecule has 3 aliphatic heterocycles. The summed E-state index contributed by atoms with van der Waals surface area (Å²) in [5.41, 5.74) is 3.47. The molecule has 232 valence electrons. The van der Waals surface area contributed by atoms with Crippen LogP contribution >= 0.6 is 0 Å². The number of hydrogen-bond acceptors (Lipinski definition) is 10. The number of hydroxylamine groups is 1. The van der Waals surface area contributed by atoms with Crippen LogP contribution in [-0.4, -0.2) is 91.7 Å². The minimum Gasteiger partial charge on any atom is -0.494 e. The molecule has 2 aromatic carbocycles. The molecular formula is C33H42N8O3. The van der Waals surface area contributed by atoms with Crippen molar-refractivity contribution in [2.24, 2.45) is 0 Å². The number of methoxy groups -OCH3 is 1. The van der Waals surface area contributed by atoms with E-state index in [1.807, 2.05) is 41.5 Å². The quantitative estimate of drug-likeness (QED) is 0.344. The van der Waals surface area contributed by atoms with Crippen molar-refractivity contribution < 1.29 is 14.4 Å². The molecule has 2 N–H and O–H groups in total. The number of anilines is 5. The van der Waals surface area contributed by atoms with Gasteiger partial charge in [-0.1, -0.05) is 36.9 Å². The molecule has 44 heavy (non-hydrogen) atoms. The Morgan fingerprint density at radius 1 is 1.00 bits per heavy atom. The van der Waals surface area contributed by atoms with Gasteiger partial charge in [-0.2, -0.15) is 0 Å². The molecule has 0 aliphatic carbocycles. The van der Waals surface area contributed by atoms with E-state index < -0.39 is 0 Å². The molecule has 6 rings (SSSR count). The van der Waals surface area contributed by atoms with Gasteiger partial charge in [-0.05, 0) is 37.6 Å². The molecule has 11 nitrogen and oxygen atoms in total. The van der Waals surface area contributed by atoms with Crippen molar-refractivity contribution in [1.29, 1.82) is 0 Å².